The molecule has 4 heteroatoms. The summed E-state index contributed by atoms with van der Waals surface area (Å²) in [5, 5.41) is 1.06. The van der Waals surface area contributed by atoms with Crippen LogP contribution in [0.2, 0.25) is 0 Å². The van der Waals surface area contributed by atoms with Gasteiger partial charge in [-0.1, -0.05) is 44.2 Å². The van der Waals surface area contributed by atoms with E-state index in [9.17, 15) is 4.79 Å². The minimum atomic E-state index is -0.00376. The average Bonchev–Trinajstić information content (AvgIpc) is 2.65. The molecule has 0 bridgehead atoms. The molecule has 4 rings (SSSR count). The summed E-state index contributed by atoms with van der Waals surface area (Å²) in [6.07, 6.45) is 0.634. The normalized spacial score (nSPS) is 13.7. The van der Waals surface area contributed by atoms with Gasteiger partial charge < -0.3 is 14.6 Å². The Morgan fingerprint density at radius 3 is 2.70 bits per heavy atom. The zero-order valence-corrected chi connectivity index (χ0v) is 16.2. The molecule has 3 aromatic rings. The minimum absolute atomic E-state index is 0.00376. The third kappa shape index (κ3) is 3.44. The molecule has 2 heterocycles. The average molecular weight is 362 g/mol. The number of ether oxygens (including phenoxy) is 1. The second-order valence-corrected chi connectivity index (χ2v) is 7.77. The van der Waals surface area contributed by atoms with Crippen LogP contribution in [0.5, 0.6) is 5.75 Å². The van der Waals surface area contributed by atoms with Crippen molar-refractivity contribution in [1.82, 2.24) is 4.98 Å². The van der Waals surface area contributed by atoms with Crippen LogP contribution < -0.4 is 15.2 Å². The Morgan fingerprint density at radius 2 is 1.96 bits per heavy atom. The second-order valence-electron chi connectivity index (χ2n) is 7.77. The number of H-pyrrole nitrogens is 1. The number of benzene rings is 2. The molecule has 0 saturated carbocycles. The number of nitrogens with zero attached hydrogens (tertiary/aromatic N) is 1. The van der Waals surface area contributed by atoms with Gasteiger partial charge in [0.05, 0.1) is 17.7 Å². The molecule has 1 N–H and O–H groups in total. The van der Waals surface area contributed by atoms with Gasteiger partial charge in [0.25, 0.3) is 5.56 Å². The topological polar surface area (TPSA) is 45.3 Å². The molecule has 0 unspecified atom stereocenters. The Labute approximate surface area is 159 Å². The molecular weight excluding hydrogens is 336 g/mol. The van der Waals surface area contributed by atoms with Gasteiger partial charge in [-0.05, 0) is 36.1 Å². The lowest BCUT2D eigenvalue weighted by atomic mass is 9.98. The first-order valence-electron chi connectivity index (χ1n) is 9.64. The van der Waals surface area contributed by atoms with Crippen LogP contribution in [0.25, 0.3) is 10.9 Å². The first-order valence-corrected chi connectivity index (χ1v) is 9.64. The summed E-state index contributed by atoms with van der Waals surface area (Å²) in [5.41, 5.74) is 4.95. The molecule has 0 saturated heterocycles. The fourth-order valence-corrected chi connectivity index (χ4v) is 3.90. The van der Waals surface area contributed by atoms with E-state index in [2.05, 4.69) is 48.0 Å². The highest BCUT2D eigenvalue weighted by molar-refractivity contribution is 5.89. The maximum atomic E-state index is 12.8. The van der Waals surface area contributed by atoms with Crippen molar-refractivity contribution in [2.45, 2.75) is 27.2 Å². The quantitative estimate of drug-likeness (QED) is 0.753. The van der Waals surface area contributed by atoms with Crippen molar-refractivity contribution >= 4 is 16.6 Å². The number of fused-ring (bicyclic) bond motifs is 2. The van der Waals surface area contributed by atoms with E-state index in [1.54, 1.807) is 0 Å². The monoisotopic (exact) mass is 362 g/mol. The molecular formula is C23H26N2O2. The van der Waals surface area contributed by atoms with Crippen molar-refractivity contribution in [3.63, 3.8) is 0 Å². The van der Waals surface area contributed by atoms with Crippen LogP contribution in [0.3, 0.4) is 0 Å². The molecule has 1 aliphatic heterocycles. The molecule has 2 aromatic carbocycles. The summed E-state index contributed by atoms with van der Waals surface area (Å²) in [4.78, 5) is 18.2. The van der Waals surface area contributed by atoms with E-state index in [4.69, 9.17) is 4.74 Å². The van der Waals surface area contributed by atoms with Crippen molar-refractivity contribution < 1.29 is 4.74 Å². The Hall–Kier alpha value is -2.75. The highest BCUT2D eigenvalue weighted by Gasteiger charge is 2.21. The van der Waals surface area contributed by atoms with E-state index in [1.807, 2.05) is 25.1 Å². The Morgan fingerprint density at radius 1 is 1.19 bits per heavy atom. The van der Waals surface area contributed by atoms with Gasteiger partial charge in [0, 0.05) is 23.9 Å². The van der Waals surface area contributed by atoms with Gasteiger partial charge in [-0.2, -0.15) is 0 Å². The number of pyridine rings is 1. The van der Waals surface area contributed by atoms with Crippen LogP contribution in [0.1, 0.15) is 30.5 Å². The van der Waals surface area contributed by atoms with E-state index in [0.717, 1.165) is 52.1 Å². The van der Waals surface area contributed by atoms with Crippen LogP contribution >= 0.6 is 0 Å². The molecule has 0 atom stereocenters. The van der Waals surface area contributed by atoms with Crippen LogP contribution in [0, 0.1) is 12.8 Å². The molecule has 0 aliphatic carbocycles. The molecule has 1 aliphatic rings. The van der Waals surface area contributed by atoms with Gasteiger partial charge in [0.1, 0.15) is 12.4 Å². The molecule has 4 nitrogen and oxygen atoms in total. The molecule has 0 amide bonds. The van der Waals surface area contributed by atoms with Crippen molar-refractivity contribution in [2.24, 2.45) is 5.92 Å². The van der Waals surface area contributed by atoms with E-state index >= 15 is 0 Å². The van der Waals surface area contributed by atoms with Crippen molar-refractivity contribution in [1.29, 1.82) is 0 Å². The minimum Gasteiger partial charge on any atom is -0.490 e. The van der Waals surface area contributed by atoms with Gasteiger partial charge in [0.15, 0.2) is 0 Å². The van der Waals surface area contributed by atoms with E-state index < -0.39 is 0 Å². The van der Waals surface area contributed by atoms with E-state index in [-0.39, 0.29) is 5.56 Å². The lowest BCUT2D eigenvalue weighted by molar-refractivity contribution is 0.305. The number of aromatic amines is 1. The summed E-state index contributed by atoms with van der Waals surface area (Å²) in [6, 6.07) is 14.3. The number of hydrogen-bond donors (Lipinski definition) is 1. The van der Waals surface area contributed by atoms with Gasteiger partial charge in [-0.3, -0.25) is 4.79 Å². The highest BCUT2D eigenvalue weighted by atomic mass is 16.5. The molecule has 0 fully saturated rings. The smallest absolute Gasteiger partial charge is 0.252 e. The lowest BCUT2D eigenvalue weighted by Crippen LogP contribution is -2.35. The fourth-order valence-electron chi connectivity index (χ4n) is 3.90. The zero-order valence-electron chi connectivity index (χ0n) is 16.2. The number of aromatic nitrogens is 1. The highest BCUT2D eigenvalue weighted by Crippen LogP contribution is 2.36. The Balaban J connectivity index is 1.81. The van der Waals surface area contributed by atoms with Crippen molar-refractivity contribution in [2.75, 3.05) is 24.6 Å². The first-order chi connectivity index (χ1) is 13.0. The summed E-state index contributed by atoms with van der Waals surface area (Å²) >= 11 is 0. The summed E-state index contributed by atoms with van der Waals surface area (Å²) in [5.74, 6) is 1.48. The van der Waals surface area contributed by atoms with E-state index in [0.29, 0.717) is 18.9 Å². The lowest BCUT2D eigenvalue weighted by Gasteiger charge is -2.33. The van der Waals surface area contributed by atoms with Gasteiger partial charge in [0.2, 0.25) is 0 Å². The maximum absolute atomic E-state index is 12.8. The summed E-state index contributed by atoms with van der Waals surface area (Å²) in [6.45, 7) is 9.04. The molecule has 1 aromatic heterocycles. The SMILES string of the molecule is Cc1c(Cc2ccccc2)c(=O)[nH]c2cc3c(cc12)OCCN3CC(C)C. The standard InChI is InChI=1S/C23H26N2O2/c1-15(2)14-25-9-10-27-22-12-18-16(3)19(11-17-7-5-4-6-8-17)23(26)24-20(18)13-21(22)25/h4-8,12-13,15H,9-11,14H2,1-3H3,(H,24,26). The predicted molar refractivity (Wildman–Crippen MR) is 111 cm³/mol. The van der Waals surface area contributed by atoms with Crippen LogP contribution in [-0.2, 0) is 6.42 Å². The largest absolute Gasteiger partial charge is 0.490 e. The van der Waals surface area contributed by atoms with E-state index in [1.165, 1.54) is 0 Å². The third-order valence-corrected chi connectivity index (χ3v) is 5.25. The number of anilines is 1. The number of aryl methyl sites for hydroxylation is 1. The second kappa shape index (κ2) is 7.10. The van der Waals surface area contributed by atoms with Crippen LogP contribution in [0.15, 0.2) is 47.3 Å². The fraction of sp³-hybridized carbons (Fsp3) is 0.348. The molecule has 140 valence electrons. The molecule has 0 spiro atoms. The predicted octanol–water partition coefficient (Wildman–Crippen LogP) is 4.28. The van der Waals surface area contributed by atoms with Crippen molar-refractivity contribution in [3.8, 4) is 5.75 Å². The van der Waals surface area contributed by atoms with Gasteiger partial charge in [-0.25, -0.2) is 0 Å². The summed E-state index contributed by atoms with van der Waals surface area (Å²) < 4.78 is 5.95. The Bertz CT molecular complexity index is 1020. The number of hydrogen-bond acceptors (Lipinski definition) is 3. The first kappa shape index (κ1) is 17.7. The van der Waals surface area contributed by atoms with Crippen LogP contribution in [-0.4, -0.2) is 24.7 Å². The number of nitrogens with one attached hydrogen (secondary N) is 1. The number of rotatable bonds is 4. The van der Waals surface area contributed by atoms with Crippen LogP contribution in [0.4, 0.5) is 5.69 Å². The Kier molecular flexibility index (Phi) is 4.65. The summed E-state index contributed by atoms with van der Waals surface area (Å²) in [7, 11) is 0. The molecule has 0 radical (unpaired) electrons. The van der Waals surface area contributed by atoms with Crippen molar-refractivity contribution in [3.05, 3.63) is 69.5 Å². The third-order valence-electron chi connectivity index (χ3n) is 5.25. The van der Waals surface area contributed by atoms with Gasteiger partial charge in [-0.15, -0.1) is 0 Å². The zero-order chi connectivity index (χ0) is 19.0. The van der Waals surface area contributed by atoms with Gasteiger partial charge >= 0.3 is 0 Å². The maximum Gasteiger partial charge on any atom is 0.252 e. The molecule has 27 heavy (non-hydrogen) atoms.